The number of rotatable bonds is 10. The van der Waals surface area contributed by atoms with E-state index in [1.54, 1.807) is 0 Å². The minimum Gasteiger partial charge on any atom is -0.347 e. The molecule has 0 aromatic rings. The Morgan fingerprint density at radius 1 is 0.964 bits per heavy atom. The van der Waals surface area contributed by atoms with Gasteiger partial charge >= 0.3 is 0 Å². The highest BCUT2D eigenvalue weighted by atomic mass is 16.2. The van der Waals surface area contributed by atoms with Crippen molar-refractivity contribution in [3.8, 4) is 0 Å². The van der Waals surface area contributed by atoms with Crippen LogP contribution < -0.4 is 5.32 Å². The van der Waals surface area contributed by atoms with Crippen molar-refractivity contribution >= 4 is 11.8 Å². The van der Waals surface area contributed by atoms with Crippen LogP contribution in [0.5, 0.6) is 0 Å². The van der Waals surface area contributed by atoms with Gasteiger partial charge < -0.3 is 15.1 Å². The quantitative estimate of drug-likeness (QED) is 0.622. The Morgan fingerprint density at radius 3 is 1.96 bits per heavy atom. The highest BCUT2D eigenvalue weighted by Gasteiger charge is 2.54. The molecule has 0 unspecified atom stereocenters. The lowest BCUT2D eigenvalue weighted by molar-refractivity contribution is -0.148. The Morgan fingerprint density at radius 2 is 1.50 bits per heavy atom. The van der Waals surface area contributed by atoms with Crippen molar-refractivity contribution in [3.63, 3.8) is 0 Å². The first-order valence-electron chi connectivity index (χ1n) is 11.6. The van der Waals surface area contributed by atoms with E-state index >= 15 is 0 Å². The summed E-state index contributed by atoms with van der Waals surface area (Å²) >= 11 is 0. The van der Waals surface area contributed by atoms with Gasteiger partial charge in [0.2, 0.25) is 11.8 Å². The largest absolute Gasteiger partial charge is 0.347 e. The molecule has 4 fully saturated rings. The van der Waals surface area contributed by atoms with E-state index in [-0.39, 0.29) is 23.8 Å². The number of hydrogen-bond acceptors (Lipinski definition) is 3. The van der Waals surface area contributed by atoms with E-state index in [0.717, 1.165) is 69.7 Å². The van der Waals surface area contributed by atoms with Gasteiger partial charge in [0.25, 0.3) is 0 Å². The molecule has 0 atom stereocenters. The predicted octanol–water partition coefficient (Wildman–Crippen LogP) is 3.15. The molecule has 4 bridgehead atoms. The minimum atomic E-state index is -0.168. The van der Waals surface area contributed by atoms with E-state index in [0.29, 0.717) is 5.92 Å². The van der Waals surface area contributed by atoms with Gasteiger partial charge in [-0.25, -0.2) is 0 Å². The Labute approximate surface area is 171 Å². The van der Waals surface area contributed by atoms with Crippen LogP contribution in [-0.4, -0.2) is 60.9 Å². The SMILES string of the molecule is CCN(CC)CCN(CC(C)C)C(=O)CNC(=O)C12CC3CC(CC(C3)C1)C2. The van der Waals surface area contributed by atoms with Crippen molar-refractivity contribution in [2.45, 2.75) is 66.2 Å². The van der Waals surface area contributed by atoms with Gasteiger partial charge in [-0.05, 0) is 75.3 Å². The Hall–Kier alpha value is -1.10. The molecule has 5 heteroatoms. The zero-order valence-corrected chi connectivity index (χ0v) is 18.5. The highest BCUT2D eigenvalue weighted by Crippen LogP contribution is 2.60. The summed E-state index contributed by atoms with van der Waals surface area (Å²) in [6.45, 7) is 13.2. The van der Waals surface area contributed by atoms with Crippen molar-refractivity contribution in [1.29, 1.82) is 0 Å². The van der Waals surface area contributed by atoms with Gasteiger partial charge in [-0.1, -0.05) is 27.7 Å². The summed E-state index contributed by atoms with van der Waals surface area (Å²) < 4.78 is 0. The van der Waals surface area contributed by atoms with Gasteiger partial charge in [0.05, 0.1) is 6.54 Å². The third-order valence-electron chi connectivity index (χ3n) is 7.44. The molecule has 1 N–H and O–H groups in total. The first-order chi connectivity index (χ1) is 13.3. The molecule has 0 aromatic carbocycles. The molecule has 4 saturated carbocycles. The zero-order valence-electron chi connectivity index (χ0n) is 18.5. The molecule has 0 spiro atoms. The van der Waals surface area contributed by atoms with Crippen molar-refractivity contribution in [2.75, 3.05) is 39.3 Å². The summed E-state index contributed by atoms with van der Waals surface area (Å²) in [5, 5.41) is 3.07. The maximum absolute atomic E-state index is 13.1. The number of amides is 2. The maximum Gasteiger partial charge on any atom is 0.242 e. The van der Waals surface area contributed by atoms with E-state index < -0.39 is 0 Å². The van der Waals surface area contributed by atoms with Crippen molar-refractivity contribution < 1.29 is 9.59 Å². The van der Waals surface area contributed by atoms with Crippen LogP contribution in [0.3, 0.4) is 0 Å². The molecular formula is C23H41N3O2. The van der Waals surface area contributed by atoms with Gasteiger partial charge in [-0.15, -0.1) is 0 Å². The molecular weight excluding hydrogens is 350 g/mol. The fourth-order valence-corrected chi connectivity index (χ4v) is 6.40. The van der Waals surface area contributed by atoms with Gasteiger partial charge in [0.1, 0.15) is 0 Å². The molecule has 0 heterocycles. The molecule has 0 radical (unpaired) electrons. The number of likely N-dealkylation sites (N-methyl/N-ethyl adjacent to an activating group) is 1. The predicted molar refractivity (Wildman–Crippen MR) is 113 cm³/mol. The van der Waals surface area contributed by atoms with Crippen LogP contribution in [0, 0.1) is 29.1 Å². The summed E-state index contributed by atoms with van der Waals surface area (Å²) in [5.41, 5.74) is -0.168. The van der Waals surface area contributed by atoms with Gasteiger partial charge in [-0.3, -0.25) is 9.59 Å². The second kappa shape index (κ2) is 9.15. The lowest BCUT2D eigenvalue weighted by Crippen LogP contribution is -2.55. The van der Waals surface area contributed by atoms with Gasteiger partial charge in [0.15, 0.2) is 0 Å². The summed E-state index contributed by atoms with van der Waals surface area (Å²) in [5.74, 6) is 2.91. The monoisotopic (exact) mass is 391 g/mol. The molecule has 0 aromatic heterocycles. The molecule has 4 aliphatic rings. The summed E-state index contributed by atoms with van der Waals surface area (Å²) in [4.78, 5) is 30.3. The molecule has 0 saturated heterocycles. The van der Waals surface area contributed by atoms with Gasteiger partial charge in [-0.2, -0.15) is 0 Å². The molecule has 160 valence electrons. The average Bonchev–Trinajstić information content (AvgIpc) is 2.64. The van der Waals surface area contributed by atoms with E-state index in [4.69, 9.17) is 0 Å². The van der Waals surface area contributed by atoms with E-state index in [1.165, 1.54) is 19.3 Å². The Kier molecular flexibility index (Phi) is 7.06. The van der Waals surface area contributed by atoms with Crippen LogP contribution in [0.15, 0.2) is 0 Å². The second-order valence-corrected chi connectivity index (χ2v) is 10.1. The number of hydrogen-bond donors (Lipinski definition) is 1. The summed E-state index contributed by atoms with van der Waals surface area (Å²) in [7, 11) is 0. The number of carbonyl (C=O) groups excluding carboxylic acids is 2. The summed E-state index contributed by atoms with van der Waals surface area (Å²) in [6.07, 6.45) is 7.15. The van der Waals surface area contributed by atoms with Crippen LogP contribution in [0.2, 0.25) is 0 Å². The summed E-state index contributed by atoms with van der Waals surface area (Å²) in [6, 6.07) is 0. The number of nitrogens with zero attached hydrogens (tertiary/aromatic N) is 2. The molecule has 28 heavy (non-hydrogen) atoms. The Balaban J connectivity index is 1.54. The molecule has 4 aliphatic carbocycles. The van der Waals surface area contributed by atoms with Gasteiger partial charge in [0, 0.05) is 25.0 Å². The van der Waals surface area contributed by atoms with Crippen LogP contribution >= 0.6 is 0 Å². The van der Waals surface area contributed by atoms with Crippen LogP contribution in [0.25, 0.3) is 0 Å². The first kappa shape index (κ1) is 21.6. The second-order valence-electron chi connectivity index (χ2n) is 10.1. The fraction of sp³-hybridized carbons (Fsp3) is 0.913. The Bertz CT molecular complexity index is 521. The minimum absolute atomic E-state index is 0.0685. The third kappa shape index (κ3) is 4.90. The standard InChI is InChI=1S/C23H41N3O2/c1-5-25(6-2)7-8-26(16-17(3)4)21(27)15-24-22(28)23-12-18-9-19(13-23)11-20(10-18)14-23/h17-20H,5-16H2,1-4H3,(H,24,28). The lowest BCUT2D eigenvalue weighted by Gasteiger charge is -2.55. The zero-order chi connectivity index (χ0) is 20.3. The van der Waals surface area contributed by atoms with Crippen molar-refractivity contribution in [1.82, 2.24) is 15.1 Å². The smallest absolute Gasteiger partial charge is 0.242 e. The number of nitrogens with one attached hydrogen (secondary N) is 1. The molecule has 4 rings (SSSR count). The lowest BCUT2D eigenvalue weighted by atomic mass is 9.49. The van der Waals surface area contributed by atoms with E-state index in [9.17, 15) is 9.59 Å². The van der Waals surface area contributed by atoms with Crippen molar-refractivity contribution in [2.24, 2.45) is 29.1 Å². The average molecular weight is 392 g/mol. The first-order valence-corrected chi connectivity index (χ1v) is 11.6. The van der Waals surface area contributed by atoms with E-state index in [1.807, 2.05) is 4.90 Å². The fourth-order valence-electron chi connectivity index (χ4n) is 6.40. The van der Waals surface area contributed by atoms with Crippen LogP contribution in [-0.2, 0) is 9.59 Å². The normalized spacial score (nSPS) is 30.9. The van der Waals surface area contributed by atoms with Crippen LogP contribution in [0.1, 0.15) is 66.2 Å². The molecule has 0 aliphatic heterocycles. The van der Waals surface area contributed by atoms with Crippen molar-refractivity contribution in [3.05, 3.63) is 0 Å². The third-order valence-corrected chi connectivity index (χ3v) is 7.44. The maximum atomic E-state index is 13.1. The van der Waals surface area contributed by atoms with E-state index in [2.05, 4.69) is 37.9 Å². The molecule has 2 amide bonds. The molecule has 5 nitrogen and oxygen atoms in total. The number of carbonyl (C=O) groups is 2. The highest BCUT2D eigenvalue weighted by molar-refractivity contribution is 5.88. The van der Waals surface area contributed by atoms with Crippen LogP contribution in [0.4, 0.5) is 0 Å². The topological polar surface area (TPSA) is 52.6 Å².